The smallest absolute Gasteiger partial charge is 0.218 e. The van der Waals surface area contributed by atoms with E-state index in [-0.39, 0.29) is 11.2 Å². The number of benzene rings is 2. The summed E-state index contributed by atoms with van der Waals surface area (Å²) in [7, 11) is 0. The van der Waals surface area contributed by atoms with E-state index in [9.17, 15) is 10.1 Å². The number of nitrogens with zero attached hydrogens (tertiary/aromatic N) is 3. The van der Waals surface area contributed by atoms with Crippen molar-refractivity contribution in [3.63, 3.8) is 0 Å². The van der Waals surface area contributed by atoms with Crippen LogP contribution < -0.4 is 4.94 Å². The molecule has 1 aromatic heterocycles. The Labute approximate surface area is 186 Å². The summed E-state index contributed by atoms with van der Waals surface area (Å²) in [5, 5.41) is 11.6. The molecular weight excluding hydrogens is 457 g/mol. The second kappa shape index (κ2) is 9.71. The van der Waals surface area contributed by atoms with Crippen LogP contribution in [0.5, 0.6) is 0 Å². The van der Waals surface area contributed by atoms with Gasteiger partial charge in [-0.25, -0.2) is 15.1 Å². The third kappa shape index (κ3) is 5.17. The van der Waals surface area contributed by atoms with Crippen LogP contribution in [-0.4, -0.2) is 20.1 Å². The molecule has 2 atom stereocenters. The third-order valence-electron chi connectivity index (χ3n) is 4.26. The lowest BCUT2D eigenvalue weighted by Gasteiger charge is -2.25. The number of hydrogen-bond acceptors (Lipinski definition) is 5. The van der Waals surface area contributed by atoms with Gasteiger partial charge in [-0.3, -0.25) is 0 Å². The molecule has 0 amide bonds. The lowest BCUT2D eigenvalue weighted by molar-refractivity contribution is -0.749. The van der Waals surface area contributed by atoms with E-state index in [4.69, 9.17) is 39.7 Å². The molecule has 0 spiro atoms. The average Bonchev–Trinajstić information content (AvgIpc) is 3.12. The Hall–Kier alpha value is -1.93. The van der Waals surface area contributed by atoms with Gasteiger partial charge >= 0.3 is 0 Å². The SMILES string of the molecule is CCC(Sc1c(Cl)cccc1Cl)C(c1ccc(Cl)cc1)c1nccn1O[N+](=O)[O-]. The number of imidazole rings is 1. The van der Waals surface area contributed by atoms with Crippen LogP contribution in [0.3, 0.4) is 0 Å². The van der Waals surface area contributed by atoms with Crippen molar-refractivity contribution < 1.29 is 10.0 Å². The molecule has 2 unspecified atom stereocenters. The predicted octanol–water partition coefficient (Wildman–Crippen LogP) is 6.17. The molecule has 0 aliphatic carbocycles. The molecule has 0 bridgehead atoms. The molecule has 0 radical (unpaired) electrons. The Kier molecular flexibility index (Phi) is 7.29. The molecular formula is C19H16Cl3N3O3S. The van der Waals surface area contributed by atoms with E-state index in [1.807, 2.05) is 19.1 Å². The summed E-state index contributed by atoms with van der Waals surface area (Å²) in [6.45, 7) is 2.02. The van der Waals surface area contributed by atoms with E-state index in [0.29, 0.717) is 27.3 Å². The molecule has 0 fully saturated rings. The quantitative estimate of drug-likeness (QED) is 0.223. The topological polar surface area (TPSA) is 70.2 Å². The highest BCUT2D eigenvalue weighted by Crippen LogP contribution is 2.44. The van der Waals surface area contributed by atoms with Gasteiger partial charge in [0.15, 0.2) is 5.09 Å². The van der Waals surface area contributed by atoms with Gasteiger partial charge in [0.2, 0.25) is 5.82 Å². The minimum absolute atomic E-state index is 0.0925. The molecule has 2 aromatic carbocycles. The fraction of sp³-hybridized carbons (Fsp3) is 0.211. The zero-order valence-electron chi connectivity index (χ0n) is 15.2. The Morgan fingerprint density at radius 1 is 1.17 bits per heavy atom. The van der Waals surface area contributed by atoms with Crippen molar-refractivity contribution in [1.29, 1.82) is 0 Å². The summed E-state index contributed by atoms with van der Waals surface area (Å²) in [5.41, 5.74) is 0.885. The molecule has 1 heterocycles. The fourth-order valence-electron chi connectivity index (χ4n) is 3.00. The summed E-state index contributed by atoms with van der Waals surface area (Å²) < 4.78 is 1.07. The Bertz CT molecular complexity index is 978. The summed E-state index contributed by atoms with van der Waals surface area (Å²) in [5.74, 6) is 0.0519. The van der Waals surface area contributed by atoms with Crippen molar-refractivity contribution in [2.75, 3.05) is 0 Å². The molecule has 10 heteroatoms. The van der Waals surface area contributed by atoms with Crippen molar-refractivity contribution in [2.24, 2.45) is 0 Å². The fourth-order valence-corrected chi connectivity index (χ4v) is 5.03. The summed E-state index contributed by atoms with van der Waals surface area (Å²) >= 11 is 20.3. The average molecular weight is 473 g/mol. The van der Waals surface area contributed by atoms with E-state index < -0.39 is 5.09 Å². The second-order valence-corrected chi connectivity index (χ2v) is 8.56. The maximum Gasteiger partial charge on any atom is 0.234 e. The van der Waals surface area contributed by atoms with Gasteiger partial charge in [-0.2, -0.15) is 4.94 Å². The zero-order chi connectivity index (χ0) is 21.0. The maximum atomic E-state index is 10.9. The van der Waals surface area contributed by atoms with E-state index in [1.165, 1.54) is 24.2 Å². The summed E-state index contributed by atoms with van der Waals surface area (Å²) in [6, 6.07) is 12.6. The maximum absolute atomic E-state index is 10.9. The van der Waals surface area contributed by atoms with Crippen molar-refractivity contribution in [3.8, 4) is 0 Å². The molecule has 152 valence electrons. The predicted molar refractivity (Wildman–Crippen MR) is 115 cm³/mol. The monoisotopic (exact) mass is 471 g/mol. The molecule has 3 rings (SSSR count). The van der Waals surface area contributed by atoms with Gasteiger partial charge in [-0.15, -0.1) is 11.8 Å². The van der Waals surface area contributed by atoms with E-state index in [1.54, 1.807) is 30.3 Å². The van der Waals surface area contributed by atoms with Gasteiger partial charge < -0.3 is 0 Å². The Morgan fingerprint density at radius 2 is 1.83 bits per heavy atom. The van der Waals surface area contributed by atoms with E-state index in [2.05, 4.69) is 4.98 Å². The van der Waals surface area contributed by atoms with Crippen LogP contribution >= 0.6 is 46.6 Å². The first-order valence-corrected chi connectivity index (χ1v) is 10.6. The van der Waals surface area contributed by atoms with Crippen LogP contribution in [-0.2, 0) is 0 Å². The number of aromatic nitrogens is 2. The lowest BCUT2D eigenvalue weighted by atomic mass is 9.93. The lowest BCUT2D eigenvalue weighted by Crippen LogP contribution is -2.26. The van der Waals surface area contributed by atoms with Crippen molar-refractivity contribution in [1.82, 2.24) is 9.71 Å². The van der Waals surface area contributed by atoms with Crippen LogP contribution in [0, 0.1) is 10.1 Å². The van der Waals surface area contributed by atoms with Crippen LogP contribution in [0.4, 0.5) is 0 Å². The number of rotatable bonds is 8. The van der Waals surface area contributed by atoms with Gasteiger partial charge in [0, 0.05) is 15.2 Å². The summed E-state index contributed by atoms with van der Waals surface area (Å²) in [4.78, 5) is 20.7. The van der Waals surface area contributed by atoms with Gasteiger partial charge in [0.05, 0.1) is 22.2 Å². The molecule has 29 heavy (non-hydrogen) atoms. The Morgan fingerprint density at radius 3 is 2.41 bits per heavy atom. The molecule has 3 aromatic rings. The largest absolute Gasteiger partial charge is 0.234 e. The van der Waals surface area contributed by atoms with Gasteiger partial charge in [-0.05, 0) is 36.2 Å². The number of halogens is 3. The van der Waals surface area contributed by atoms with Crippen molar-refractivity contribution >= 4 is 46.6 Å². The first kappa shape index (κ1) is 21.8. The first-order valence-electron chi connectivity index (χ1n) is 8.63. The van der Waals surface area contributed by atoms with Crippen molar-refractivity contribution in [2.45, 2.75) is 29.4 Å². The van der Waals surface area contributed by atoms with Gasteiger partial charge in [0.25, 0.3) is 0 Å². The zero-order valence-corrected chi connectivity index (χ0v) is 18.3. The van der Waals surface area contributed by atoms with Crippen LogP contribution in [0.15, 0.2) is 59.8 Å². The molecule has 0 saturated heterocycles. The first-order chi connectivity index (χ1) is 13.9. The highest BCUT2D eigenvalue weighted by atomic mass is 35.5. The molecule has 0 N–H and O–H groups in total. The Balaban J connectivity index is 2.07. The minimum atomic E-state index is -0.872. The molecule has 0 aliphatic rings. The molecule has 0 aliphatic heterocycles. The van der Waals surface area contributed by atoms with Gasteiger partial charge in [-0.1, -0.05) is 64.7 Å². The molecule has 6 nitrogen and oxygen atoms in total. The standard InChI is InChI=1S/C19H16Cl3N3O3S/c1-2-16(29-18-14(21)4-3-5-15(18)22)17(12-6-8-13(20)9-7-12)19-23-10-11-24(19)28-25(26)27/h3-11,16-17H,2H2,1H3. The normalized spacial score (nSPS) is 13.1. The molecule has 0 saturated carbocycles. The third-order valence-corrected chi connectivity index (χ3v) is 6.95. The van der Waals surface area contributed by atoms with Crippen LogP contribution in [0.25, 0.3) is 0 Å². The highest BCUT2D eigenvalue weighted by molar-refractivity contribution is 8.00. The minimum Gasteiger partial charge on any atom is -0.218 e. The highest BCUT2D eigenvalue weighted by Gasteiger charge is 2.33. The summed E-state index contributed by atoms with van der Waals surface area (Å²) in [6.07, 6.45) is 3.58. The second-order valence-electron chi connectivity index (χ2n) is 6.06. The number of hydrogen-bond donors (Lipinski definition) is 0. The van der Waals surface area contributed by atoms with Crippen molar-refractivity contribution in [3.05, 3.63) is 91.4 Å². The van der Waals surface area contributed by atoms with E-state index in [0.717, 1.165) is 15.2 Å². The number of thioether (sulfide) groups is 1. The van der Waals surface area contributed by atoms with Crippen LogP contribution in [0.2, 0.25) is 15.1 Å². The van der Waals surface area contributed by atoms with Gasteiger partial charge in [0.1, 0.15) is 6.20 Å². The van der Waals surface area contributed by atoms with E-state index >= 15 is 0 Å². The van der Waals surface area contributed by atoms with Crippen LogP contribution in [0.1, 0.15) is 30.7 Å².